The average Bonchev–Trinajstić information content (AvgIpc) is 2.68. The normalized spacial score (nSPS) is 11.3. The Hall–Kier alpha value is -2.35. The number of hydrogen-bond acceptors (Lipinski definition) is 3. The summed E-state index contributed by atoms with van der Waals surface area (Å²) in [6.45, 7) is 5.54. The number of anilines is 2. The van der Waals surface area contributed by atoms with E-state index in [2.05, 4.69) is 26.6 Å². The second-order valence-corrected chi connectivity index (χ2v) is 10.7. The molecule has 3 aromatic carbocycles. The first kappa shape index (κ1) is 23.3. The zero-order valence-corrected chi connectivity index (χ0v) is 20.5. The van der Waals surface area contributed by atoms with Crippen molar-refractivity contribution >= 4 is 54.8 Å². The Morgan fingerprint density at radius 3 is 2.13 bits per heavy atom. The van der Waals surface area contributed by atoms with E-state index >= 15 is 0 Å². The first-order valence-electron chi connectivity index (χ1n) is 9.48. The van der Waals surface area contributed by atoms with Crippen molar-refractivity contribution in [2.45, 2.75) is 31.4 Å². The van der Waals surface area contributed by atoms with Crippen molar-refractivity contribution in [2.24, 2.45) is 0 Å². The maximum Gasteiger partial charge on any atom is 0.323 e. The lowest BCUT2D eigenvalue weighted by atomic mass is 10.1. The number of sulfone groups is 1. The molecule has 0 fully saturated rings. The van der Waals surface area contributed by atoms with Crippen LogP contribution < -0.4 is 10.6 Å². The molecule has 3 aromatic rings. The van der Waals surface area contributed by atoms with Crippen LogP contribution in [0, 0.1) is 20.8 Å². The molecule has 2 N–H and O–H groups in total. The minimum atomic E-state index is -3.61. The molecule has 3 rings (SSSR count). The second-order valence-electron chi connectivity index (χ2n) is 7.36. The molecule has 31 heavy (non-hydrogen) atoms. The Morgan fingerprint density at radius 2 is 1.52 bits per heavy atom. The number of hydrogen-bond donors (Lipinski definition) is 2. The van der Waals surface area contributed by atoms with E-state index in [0.29, 0.717) is 27.5 Å². The van der Waals surface area contributed by atoms with Crippen molar-refractivity contribution in [3.63, 3.8) is 0 Å². The average molecular weight is 522 g/mol. The molecule has 0 spiro atoms. The SMILES string of the molecule is Cc1ccc(NC(=O)Nc2c(C)cc(Br)cc2C)cc1S(=O)(=O)Cc1ccc(Cl)cc1. The molecule has 0 saturated heterocycles. The highest BCUT2D eigenvalue weighted by Crippen LogP contribution is 2.27. The highest BCUT2D eigenvalue weighted by Gasteiger charge is 2.19. The van der Waals surface area contributed by atoms with Crippen molar-refractivity contribution in [2.75, 3.05) is 10.6 Å². The van der Waals surface area contributed by atoms with Crippen LogP contribution >= 0.6 is 27.5 Å². The van der Waals surface area contributed by atoms with Crippen LogP contribution in [-0.2, 0) is 15.6 Å². The smallest absolute Gasteiger partial charge is 0.308 e. The molecule has 0 radical (unpaired) electrons. The molecule has 0 saturated carbocycles. The number of aryl methyl sites for hydroxylation is 3. The summed E-state index contributed by atoms with van der Waals surface area (Å²) in [7, 11) is -3.61. The molecule has 0 heterocycles. The minimum Gasteiger partial charge on any atom is -0.308 e. The van der Waals surface area contributed by atoms with E-state index in [1.807, 2.05) is 26.0 Å². The maximum atomic E-state index is 13.0. The fourth-order valence-electron chi connectivity index (χ4n) is 3.27. The van der Waals surface area contributed by atoms with Crippen molar-refractivity contribution in [1.82, 2.24) is 0 Å². The number of amides is 2. The van der Waals surface area contributed by atoms with E-state index in [1.54, 1.807) is 43.3 Å². The van der Waals surface area contributed by atoms with Gasteiger partial charge in [0.1, 0.15) is 0 Å². The van der Waals surface area contributed by atoms with Crippen molar-refractivity contribution in [3.05, 3.63) is 86.3 Å². The third-order valence-electron chi connectivity index (χ3n) is 4.79. The highest BCUT2D eigenvalue weighted by atomic mass is 79.9. The van der Waals surface area contributed by atoms with Crippen LogP contribution in [0.5, 0.6) is 0 Å². The molecule has 0 aliphatic rings. The van der Waals surface area contributed by atoms with Gasteiger partial charge in [-0.25, -0.2) is 13.2 Å². The third kappa shape index (κ3) is 5.87. The lowest BCUT2D eigenvalue weighted by molar-refractivity contribution is 0.262. The number of halogens is 2. The fourth-order valence-corrected chi connectivity index (χ4v) is 5.74. The molecule has 0 aliphatic carbocycles. The zero-order chi connectivity index (χ0) is 22.8. The van der Waals surface area contributed by atoms with E-state index in [9.17, 15) is 13.2 Å². The maximum absolute atomic E-state index is 13.0. The van der Waals surface area contributed by atoms with Crippen LogP contribution in [0.1, 0.15) is 22.3 Å². The first-order valence-corrected chi connectivity index (χ1v) is 12.3. The molecule has 8 heteroatoms. The molecule has 5 nitrogen and oxygen atoms in total. The molecule has 0 aliphatic heterocycles. The topological polar surface area (TPSA) is 75.3 Å². The van der Waals surface area contributed by atoms with Crippen LogP contribution in [0.2, 0.25) is 5.02 Å². The molecule has 0 atom stereocenters. The summed E-state index contributed by atoms with van der Waals surface area (Å²) in [4.78, 5) is 12.7. The van der Waals surface area contributed by atoms with Crippen LogP contribution in [0.25, 0.3) is 0 Å². The lowest BCUT2D eigenvalue weighted by Gasteiger charge is -2.14. The van der Waals surface area contributed by atoms with E-state index in [0.717, 1.165) is 15.6 Å². The summed E-state index contributed by atoms with van der Waals surface area (Å²) in [6, 6.07) is 14.9. The minimum absolute atomic E-state index is 0.155. The van der Waals surface area contributed by atoms with Gasteiger partial charge in [0.25, 0.3) is 0 Å². The summed E-state index contributed by atoms with van der Waals surface area (Å²) < 4.78 is 26.9. The van der Waals surface area contributed by atoms with Gasteiger partial charge in [-0.05, 0) is 79.4 Å². The highest BCUT2D eigenvalue weighted by molar-refractivity contribution is 9.10. The molecule has 0 unspecified atom stereocenters. The summed E-state index contributed by atoms with van der Waals surface area (Å²) in [5.41, 5.74) is 4.18. The number of rotatable bonds is 5. The van der Waals surface area contributed by atoms with Gasteiger partial charge in [-0.15, -0.1) is 0 Å². The Labute approximate surface area is 195 Å². The molecule has 2 amide bonds. The predicted molar refractivity (Wildman–Crippen MR) is 130 cm³/mol. The number of urea groups is 1. The van der Waals surface area contributed by atoms with E-state index in [1.165, 1.54) is 6.07 Å². The van der Waals surface area contributed by atoms with Gasteiger partial charge in [0.15, 0.2) is 9.84 Å². The number of nitrogens with one attached hydrogen (secondary N) is 2. The zero-order valence-electron chi connectivity index (χ0n) is 17.3. The van der Waals surface area contributed by atoms with Gasteiger partial charge in [-0.1, -0.05) is 45.7 Å². The van der Waals surface area contributed by atoms with Gasteiger partial charge < -0.3 is 10.6 Å². The van der Waals surface area contributed by atoms with Gasteiger partial charge in [0, 0.05) is 20.9 Å². The van der Waals surface area contributed by atoms with Crippen molar-refractivity contribution in [1.29, 1.82) is 0 Å². The van der Waals surface area contributed by atoms with Crippen LogP contribution in [-0.4, -0.2) is 14.4 Å². The monoisotopic (exact) mass is 520 g/mol. The van der Waals surface area contributed by atoms with E-state index < -0.39 is 15.9 Å². The number of carbonyl (C=O) groups excluding carboxylic acids is 1. The Balaban J connectivity index is 1.80. The fraction of sp³-hybridized carbons (Fsp3) is 0.174. The molecule has 0 bridgehead atoms. The summed E-state index contributed by atoms with van der Waals surface area (Å²) in [5, 5.41) is 6.11. The van der Waals surface area contributed by atoms with E-state index in [4.69, 9.17) is 11.6 Å². The first-order chi connectivity index (χ1) is 14.5. The van der Waals surface area contributed by atoms with Crippen LogP contribution in [0.3, 0.4) is 0 Å². The van der Waals surface area contributed by atoms with E-state index in [-0.39, 0.29) is 10.6 Å². The largest absolute Gasteiger partial charge is 0.323 e. The third-order valence-corrected chi connectivity index (χ3v) is 7.32. The van der Waals surface area contributed by atoms with Crippen molar-refractivity contribution in [3.8, 4) is 0 Å². The summed E-state index contributed by atoms with van der Waals surface area (Å²) in [6.07, 6.45) is 0. The Bertz CT molecular complexity index is 1220. The van der Waals surface area contributed by atoms with Crippen LogP contribution in [0.15, 0.2) is 64.0 Å². The molecular weight excluding hydrogens is 500 g/mol. The number of carbonyl (C=O) groups is 1. The lowest BCUT2D eigenvalue weighted by Crippen LogP contribution is -2.21. The van der Waals surface area contributed by atoms with Gasteiger partial charge in [0.05, 0.1) is 10.6 Å². The Morgan fingerprint density at radius 1 is 0.903 bits per heavy atom. The van der Waals surface area contributed by atoms with Gasteiger partial charge in [0.2, 0.25) is 0 Å². The Kier molecular flexibility index (Phi) is 7.09. The summed E-state index contributed by atoms with van der Waals surface area (Å²) >= 11 is 9.32. The van der Waals surface area contributed by atoms with Gasteiger partial charge >= 0.3 is 6.03 Å². The van der Waals surface area contributed by atoms with Crippen molar-refractivity contribution < 1.29 is 13.2 Å². The van der Waals surface area contributed by atoms with Crippen LogP contribution in [0.4, 0.5) is 16.2 Å². The predicted octanol–water partition coefficient (Wildman–Crippen LogP) is 6.65. The molecule has 0 aromatic heterocycles. The molecular formula is C23H22BrClN2O3S. The molecule has 162 valence electrons. The quantitative estimate of drug-likeness (QED) is 0.395. The number of benzene rings is 3. The summed E-state index contributed by atoms with van der Waals surface area (Å²) in [5.74, 6) is -0.155. The van der Waals surface area contributed by atoms with Gasteiger partial charge in [-0.2, -0.15) is 0 Å². The van der Waals surface area contributed by atoms with Gasteiger partial charge in [-0.3, -0.25) is 0 Å². The standard InChI is InChI=1S/C23H22BrClN2O3S/c1-14-4-9-20(26-23(28)27-22-15(2)10-18(24)11-16(22)3)12-21(14)31(29,30)13-17-5-7-19(25)8-6-17/h4-12H,13H2,1-3H3,(H2,26,27,28). The second kappa shape index (κ2) is 9.42.